The molecule has 2 rings (SSSR count). The molecule has 0 aliphatic carbocycles. The molecule has 0 spiro atoms. The molecule has 0 amide bonds. The predicted molar refractivity (Wildman–Crippen MR) is 67.4 cm³/mol. The van der Waals surface area contributed by atoms with Gasteiger partial charge in [0.1, 0.15) is 0 Å². The van der Waals surface area contributed by atoms with Crippen molar-refractivity contribution in [1.29, 1.82) is 0 Å². The third-order valence-electron chi connectivity index (χ3n) is 1.54. The van der Waals surface area contributed by atoms with Crippen LogP contribution in [0.5, 0.6) is 0 Å². The zero-order valence-electron chi connectivity index (χ0n) is 6.87. The van der Waals surface area contributed by atoms with E-state index in [0.717, 1.165) is 21.0 Å². The topological polar surface area (TPSA) is 37.8 Å². The molecule has 0 aliphatic rings. The molecule has 1 aromatic carbocycles. The minimum Gasteiger partial charge on any atom is -0.337 e. The summed E-state index contributed by atoms with van der Waals surface area (Å²) < 4.78 is 9.05. The molecule has 0 aliphatic heterocycles. The molecular weight excluding hydrogens is 333 g/mol. The van der Waals surface area contributed by atoms with Gasteiger partial charge in [-0.2, -0.15) is 8.75 Å². The van der Waals surface area contributed by atoms with Crippen molar-refractivity contribution in [2.45, 2.75) is 0 Å². The van der Waals surface area contributed by atoms with E-state index in [1.54, 1.807) is 0 Å². The van der Waals surface area contributed by atoms with E-state index < -0.39 is 0 Å². The van der Waals surface area contributed by atoms with Gasteiger partial charge in [-0.25, -0.2) is 0 Å². The predicted octanol–water partition coefficient (Wildman–Crippen LogP) is 3.54. The summed E-state index contributed by atoms with van der Waals surface area (Å²) in [6.45, 7) is 0. The highest BCUT2D eigenvalue weighted by Crippen LogP contribution is 2.23. The van der Waals surface area contributed by atoms with Gasteiger partial charge in [0.15, 0.2) is 11.0 Å². The Bertz CT molecular complexity index is 446. The Labute approximate surface area is 104 Å². The zero-order valence-corrected chi connectivity index (χ0v) is 10.6. The van der Waals surface area contributed by atoms with E-state index in [1.807, 2.05) is 24.3 Å². The summed E-state index contributed by atoms with van der Waals surface area (Å²) in [5.74, 6) is 0.610. The van der Waals surface area contributed by atoms with E-state index in [0.29, 0.717) is 11.0 Å². The van der Waals surface area contributed by atoms with E-state index in [-0.39, 0.29) is 0 Å². The standard InChI is InChI=1S/C8H5ClIN3S/c9-7-8(13-14-12-7)11-6-3-1-2-5(10)4-6/h1-4H,(H,11,13). The molecule has 0 saturated carbocycles. The van der Waals surface area contributed by atoms with Gasteiger partial charge in [-0.05, 0) is 40.8 Å². The first kappa shape index (κ1) is 10.1. The number of hydrogen-bond acceptors (Lipinski definition) is 4. The van der Waals surface area contributed by atoms with Crippen molar-refractivity contribution >= 4 is 57.4 Å². The quantitative estimate of drug-likeness (QED) is 0.852. The van der Waals surface area contributed by atoms with Crippen molar-refractivity contribution in [3.8, 4) is 0 Å². The van der Waals surface area contributed by atoms with Crippen LogP contribution in [0, 0.1) is 3.57 Å². The smallest absolute Gasteiger partial charge is 0.187 e. The first-order chi connectivity index (χ1) is 6.75. The van der Waals surface area contributed by atoms with Crippen LogP contribution in [0.4, 0.5) is 11.5 Å². The second-order valence-electron chi connectivity index (χ2n) is 2.54. The lowest BCUT2D eigenvalue weighted by molar-refractivity contribution is 1.44. The summed E-state index contributed by atoms with van der Waals surface area (Å²) in [6, 6.07) is 7.96. The molecule has 0 unspecified atom stereocenters. The van der Waals surface area contributed by atoms with Crippen LogP contribution in [0.1, 0.15) is 0 Å². The summed E-state index contributed by atoms with van der Waals surface area (Å²) in [4.78, 5) is 0. The lowest BCUT2D eigenvalue weighted by Crippen LogP contribution is -1.90. The van der Waals surface area contributed by atoms with E-state index in [4.69, 9.17) is 11.6 Å². The average Bonchev–Trinajstić information content (AvgIpc) is 2.52. The van der Waals surface area contributed by atoms with Crippen LogP contribution >= 0.6 is 45.9 Å². The summed E-state index contributed by atoms with van der Waals surface area (Å²) in [5.41, 5.74) is 0.964. The molecule has 0 fully saturated rings. The van der Waals surface area contributed by atoms with Crippen molar-refractivity contribution in [2.75, 3.05) is 5.32 Å². The van der Waals surface area contributed by atoms with E-state index >= 15 is 0 Å². The monoisotopic (exact) mass is 337 g/mol. The molecule has 1 heterocycles. The molecular formula is C8H5ClIN3S. The minimum absolute atomic E-state index is 0.411. The van der Waals surface area contributed by atoms with Crippen LogP contribution in [0.3, 0.4) is 0 Å². The largest absolute Gasteiger partial charge is 0.337 e. The van der Waals surface area contributed by atoms with Gasteiger partial charge in [-0.1, -0.05) is 17.7 Å². The highest BCUT2D eigenvalue weighted by molar-refractivity contribution is 14.1. The van der Waals surface area contributed by atoms with Crippen LogP contribution in [0.15, 0.2) is 24.3 Å². The maximum absolute atomic E-state index is 5.80. The molecule has 72 valence electrons. The Morgan fingerprint density at radius 1 is 1.36 bits per heavy atom. The molecule has 0 bridgehead atoms. The molecule has 0 radical (unpaired) electrons. The van der Waals surface area contributed by atoms with Gasteiger partial charge in [-0.15, -0.1) is 0 Å². The second kappa shape index (κ2) is 4.41. The van der Waals surface area contributed by atoms with Gasteiger partial charge in [0.2, 0.25) is 0 Å². The van der Waals surface area contributed by atoms with Gasteiger partial charge < -0.3 is 5.32 Å². The highest BCUT2D eigenvalue weighted by atomic mass is 127. The average molecular weight is 338 g/mol. The van der Waals surface area contributed by atoms with E-state index in [2.05, 4.69) is 36.7 Å². The number of hydrogen-bond donors (Lipinski definition) is 1. The Morgan fingerprint density at radius 3 is 2.86 bits per heavy atom. The second-order valence-corrected chi connectivity index (χ2v) is 4.67. The van der Waals surface area contributed by atoms with Crippen LogP contribution in [-0.4, -0.2) is 8.75 Å². The van der Waals surface area contributed by atoms with Gasteiger partial charge in [-0.3, -0.25) is 0 Å². The first-order valence-corrected chi connectivity index (χ1v) is 5.95. The SMILES string of the molecule is Clc1nsnc1Nc1cccc(I)c1. The summed E-state index contributed by atoms with van der Waals surface area (Å²) in [7, 11) is 0. The molecule has 0 atom stereocenters. The Hall–Kier alpha value is -0.400. The molecule has 0 saturated heterocycles. The molecule has 3 nitrogen and oxygen atoms in total. The van der Waals surface area contributed by atoms with Crippen molar-refractivity contribution in [3.63, 3.8) is 0 Å². The number of nitrogens with one attached hydrogen (secondary N) is 1. The van der Waals surface area contributed by atoms with Crippen LogP contribution < -0.4 is 5.32 Å². The van der Waals surface area contributed by atoms with Crippen LogP contribution in [-0.2, 0) is 0 Å². The Kier molecular flexibility index (Phi) is 3.19. The van der Waals surface area contributed by atoms with Gasteiger partial charge in [0.25, 0.3) is 0 Å². The fraction of sp³-hybridized carbons (Fsp3) is 0. The van der Waals surface area contributed by atoms with Crippen molar-refractivity contribution < 1.29 is 0 Å². The van der Waals surface area contributed by atoms with Gasteiger partial charge in [0.05, 0.1) is 11.7 Å². The fourth-order valence-corrected chi connectivity index (χ4v) is 2.14. The third kappa shape index (κ3) is 2.34. The fourth-order valence-electron chi connectivity index (χ4n) is 0.955. The van der Waals surface area contributed by atoms with Gasteiger partial charge >= 0.3 is 0 Å². The number of rotatable bonds is 2. The number of benzene rings is 1. The zero-order chi connectivity index (χ0) is 9.97. The molecule has 2 aromatic rings. The number of nitrogens with zero attached hydrogens (tertiary/aromatic N) is 2. The molecule has 1 N–H and O–H groups in total. The summed E-state index contributed by atoms with van der Waals surface area (Å²) in [6.07, 6.45) is 0. The minimum atomic E-state index is 0.411. The summed E-state index contributed by atoms with van der Waals surface area (Å²) >= 11 is 9.14. The maximum atomic E-state index is 5.80. The number of halogens is 2. The van der Waals surface area contributed by atoms with Crippen LogP contribution in [0.25, 0.3) is 0 Å². The van der Waals surface area contributed by atoms with Gasteiger partial charge in [0, 0.05) is 9.26 Å². The van der Waals surface area contributed by atoms with Crippen molar-refractivity contribution in [2.24, 2.45) is 0 Å². The molecule has 6 heteroatoms. The number of anilines is 2. The highest BCUT2D eigenvalue weighted by Gasteiger charge is 2.04. The Balaban J connectivity index is 2.23. The maximum Gasteiger partial charge on any atom is 0.187 e. The molecule has 14 heavy (non-hydrogen) atoms. The third-order valence-corrected chi connectivity index (χ3v) is 3.10. The lowest BCUT2D eigenvalue weighted by Gasteiger charge is -2.02. The first-order valence-electron chi connectivity index (χ1n) is 3.76. The Morgan fingerprint density at radius 2 is 2.21 bits per heavy atom. The van der Waals surface area contributed by atoms with Crippen LogP contribution in [0.2, 0.25) is 5.15 Å². The van der Waals surface area contributed by atoms with Crippen molar-refractivity contribution in [1.82, 2.24) is 8.75 Å². The normalized spacial score (nSPS) is 10.1. The number of aromatic nitrogens is 2. The lowest BCUT2D eigenvalue weighted by atomic mass is 10.3. The van der Waals surface area contributed by atoms with E-state index in [9.17, 15) is 0 Å². The molecule has 1 aromatic heterocycles. The van der Waals surface area contributed by atoms with E-state index in [1.165, 1.54) is 0 Å². The van der Waals surface area contributed by atoms with Crippen molar-refractivity contribution in [3.05, 3.63) is 33.0 Å². The summed E-state index contributed by atoms with van der Waals surface area (Å²) in [5, 5.41) is 3.50.